The molecule has 0 N–H and O–H groups in total. The van der Waals surface area contributed by atoms with E-state index in [4.69, 9.17) is 4.74 Å². The molecule has 1 rings (SSSR count). The summed E-state index contributed by atoms with van der Waals surface area (Å²) < 4.78 is 5.02. The largest absolute Gasteiger partial charge is 0.383 e. The van der Waals surface area contributed by atoms with Crippen LogP contribution < -0.4 is 0 Å². The molecule has 1 amide bonds. The fraction of sp³-hybridized carbons (Fsp3) is 0.909. The minimum atomic E-state index is 0.320. The van der Waals surface area contributed by atoms with Crippen LogP contribution >= 0.6 is 0 Å². The zero-order valence-corrected chi connectivity index (χ0v) is 9.45. The van der Waals surface area contributed by atoms with E-state index in [9.17, 15) is 4.79 Å². The Hall–Kier alpha value is -0.570. The molecule has 82 valence electrons. The maximum Gasteiger partial charge on any atom is 0.225 e. The van der Waals surface area contributed by atoms with E-state index in [1.54, 1.807) is 7.11 Å². The number of hydrogen-bond donors (Lipinski definition) is 0. The first kappa shape index (κ1) is 11.5. The molecule has 1 aliphatic rings. The molecule has 1 saturated carbocycles. The van der Waals surface area contributed by atoms with Crippen molar-refractivity contribution < 1.29 is 9.53 Å². The van der Waals surface area contributed by atoms with Crippen molar-refractivity contribution in [2.45, 2.75) is 39.2 Å². The Labute approximate surface area is 86.4 Å². The highest BCUT2D eigenvalue weighted by atomic mass is 16.5. The number of amides is 1. The molecule has 1 unspecified atom stereocenters. The first-order chi connectivity index (χ1) is 6.70. The van der Waals surface area contributed by atoms with Crippen molar-refractivity contribution in [1.82, 2.24) is 4.90 Å². The van der Waals surface area contributed by atoms with Gasteiger partial charge >= 0.3 is 0 Å². The lowest BCUT2D eigenvalue weighted by Crippen LogP contribution is -2.41. The molecule has 1 atom stereocenters. The van der Waals surface area contributed by atoms with Crippen LogP contribution in [0, 0.1) is 5.92 Å². The second kappa shape index (κ2) is 5.35. The van der Waals surface area contributed by atoms with Crippen LogP contribution in [0.4, 0.5) is 0 Å². The first-order valence-electron chi connectivity index (χ1n) is 5.50. The van der Waals surface area contributed by atoms with Crippen LogP contribution in [0.1, 0.15) is 33.1 Å². The molecule has 0 heterocycles. The first-order valence-corrected chi connectivity index (χ1v) is 5.50. The number of hydrogen-bond acceptors (Lipinski definition) is 2. The smallest absolute Gasteiger partial charge is 0.225 e. The van der Waals surface area contributed by atoms with Crippen LogP contribution in [0.2, 0.25) is 0 Å². The summed E-state index contributed by atoms with van der Waals surface area (Å²) in [6.45, 7) is 5.60. The van der Waals surface area contributed by atoms with Crippen molar-refractivity contribution in [3.63, 3.8) is 0 Å². The highest BCUT2D eigenvalue weighted by molar-refractivity contribution is 5.81. The molecule has 0 spiro atoms. The Morgan fingerprint density at radius 1 is 1.57 bits per heavy atom. The zero-order valence-electron chi connectivity index (χ0n) is 9.45. The van der Waals surface area contributed by atoms with Crippen molar-refractivity contribution in [2.75, 3.05) is 20.3 Å². The Kier molecular flexibility index (Phi) is 4.39. The predicted molar refractivity (Wildman–Crippen MR) is 56.1 cm³/mol. The number of carbonyl (C=O) groups excluding carboxylic acids is 1. The Bertz CT molecular complexity index is 190. The number of nitrogens with zero attached hydrogens (tertiary/aromatic N) is 1. The van der Waals surface area contributed by atoms with E-state index < -0.39 is 0 Å². The number of ether oxygens (including phenoxy) is 1. The topological polar surface area (TPSA) is 29.5 Å². The summed E-state index contributed by atoms with van der Waals surface area (Å²) in [6.07, 6.45) is 3.18. The van der Waals surface area contributed by atoms with Crippen LogP contribution in [-0.4, -0.2) is 37.1 Å². The number of methoxy groups -OCH3 is 1. The standard InChI is InChI=1S/C11H21NO2/c1-4-9(2)12(7-8-14-3)11(13)10-5-6-10/h9-10H,4-8H2,1-3H3. The summed E-state index contributed by atoms with van der Waals surface area (Å²) in [7, 11) is 1.68. The lowest BCUT2D eigenvalue weighted by Gasteiger charge is -2.28. The van der Waals surface area contributed by atoms with Crippen LogP contribution in [0.3, 0.4) is 0 Å². The van der Waals surface area contributed by atoms with E-state index in [1.807, 2.05) is 4.90 Å². The van der Waals surface area contributed by atoms with E-state index in [1.165, 1.54) is 0 Å². The fourth-order valence-electron chi connectivity index (χ4n) is 1.52. The summed E-state index contributed by atoms with van der Waals surface area (Å²) in [5.41, 5.74) is 0. The minimum absolute atomic E-state index is 0.320. The SMILES string of the molecule is CCC(C)N(CCOC)C(=O)C1CC1. The van der Waals surface area contributed by atoms with Crippen LogP contribution in [0.25, 0.3) is 0 Å². The fourth-order valence-corrected chi connectivity index (χ4v) is 1.52. The van der Waals surface area contributed by atoms with Gasteiger partial charge in [-0.25, -0.2) is 0 Å². The van der Waals surface area contributed by atoms with Gasteiger partial charge in [-0.15, -0.1) is 0 Å². The van der Waals surface area contributed by atoms with Crippen LogP contribution in [-0.2, 0) is 9.53 Å². The lowest BCUT2D eigenvalue weighted by atomic mass is 10.2. The van der Waals surface area contributed by atoms with Crippen molar-refractivity contribution in [2.24, 2.45) is 5.92 Å². The van der Waals surface area contributed by atoms with Crippen molar-refractivity contribution >= 4 is 5.91 Å². The quantitative estimate of drug-likeness (QED) is 0.651. The van der Waals surface area contributed by atoms with Gasteiger partial charge in [0.1, 0.15) is 0 Å². The molecule has 1 fully saturated rings. The van der Waals surface area contributed by atoms with Crippen molar-refractivity contribution in [1.29, 1.82) is 0 Å². The molecule has 0 aromatic rings. The summed E-state index contributed by atoms with van der Waals surface area (Å²) in [4.78, 5) is 13.9. The molecule has 0 saturated heterocycles. The van der Waals surface area contributed by atoms with Gasteiger partial charge in [0.15, 0.2) is 0 Å². The van der Waals surface area contributed by atoms with Gasteiger partial charge in [0.2, 0.25) is 5.91 Å². The molecule has 14 heavy (non-hydrogen) atoms. The monoisotopic (exact) mass is 199 g/mol. The molecule has 3 heteroatoms. The third-order valence-electron chi connectivity index (χ3n) is 2.87. The maximum absolute atomic E-state index is 11.9. The highest BCUT2D eigenvalue weighted by Gasteiger charge is 2.34. The van der Waals surface area contributed by atoms with Crippen LogP contribution in [0.15, 0.2) is 0 Å². The number of carbonyl (C=O) groups is 1. The van der Waals surface area contributed by atoms with Gasteiger partial charge in [-0.05, 0) is 26.2 Å². The van der Waals surface area contributed by atoms with Crippen LogP contribution in [0.5, 0.6) is 0 Å². The second-order valence-electron chi connectivity index (χ2n) is 4.06. The maximum atomic E-state index is 11.9. The predicted octanol–water partition coefficient (Wildman–Crippen LogP) is 1.67. The van der Waals surface area contributed by atoms with Gasteiger partial charge in [-0.3, -0.25) is 4.79 Å². The average molecular weight is 199 g/mol. The van der Waals surface area contributed by atoms with E-state index in [0.717, 1.165) is 25.8 Å². The van der Waals surface area contributed by atoms with E-state index in [2.05, 4.69) is 13.8 Å². The highest BCUT2D eigenvalue weighted by Crippen LogP contribution is 2.31. The van der Waals surface area contributed by atoms with Gasteiger partial charge in [-0.2, -0.15) is 0 Å². The summed E-state index contributed by atoms with van der Waals surface area (Å²) in [5, 5.41) is 0. The molecule has 0 aromatic heterocycles. The minimum Gasteiger partial charge on any atom is -0.383 e. The Morgan fingerprint density at radius 2 is 2.21 bits per heavy atom. The van der Waals surface area contributed by atoms with Gasteiger partial charge in [0.25, 0.3) is 0 Å². The summed E-state index contributed by atoms with van der Waals surface area (Å²) in [5.74, 6) is 0.650. The van der Waals surface area contributed by atoms with Crippen molar-refractivity contribution in [3.8, 4) is 0 Å². The molecule has 0 bridgehead atoms. The van der Waals surface area contributed by atoms with Gasteiger partial charge in [0, 0.05) is 25.6 Å². The van der Waals surface area contributed by atoms with Gasteiger partial charge in [0.05, 0.1) is 6.61 Å². The molecule has 0 radical (unpaired) electrons. The zero-order chi connectivity index (χ0) is 10.6. The average Bonchev–Trinajstić information content (AvgIpc) is 3.00. The Balaban J connectivity index is 2.45. The Morgan fingerprint density at radius 3 is 2.64 bits per heavy atom. The second-order valence-corrected chi connectivity index (χ2v) is 4.06. The van der Waals surface area contributed by atoms with E-state index in [0.29, 0.717) is 24.5 Å². The molecule has 1 aliphatic carbocycles. The molecular formula is C11H21NO2. The van der Waals surface area contributed by atoms with E-state index in [-0.39, 0.29) is 0 Å². The number of rotatable bonds is 6. The summed E-state index contributed by atoms with van der Waals surface area (Å²) in [6, 6.07) is 0.346. The molecular weight excluding hydrogens is 178 g/mol. The molecule has 0 aromatic carbocycles. The molecule has 3 nitrogen and oxygen atoms in total. The third-order valence-corrected chi connectivity index (χ3v) is 2.87. The van der Waals surface area contributed by atoms with Crippen molar-refractivity contribution in [3.05, 3.63) is 0 Å². The normalized spacial score (nSPS) is 17.9. The lowest BCUT2D eigenvalue weighted by molar-refractivity contribution is -0.135. The van der Waals surface area contributed by atoms with E-state index >= 15 is 0 Å². The third kappa shape index (κ3) is 2.98. The molecule has 0 aliphatic heterocycles. The summed E-state index contributed by atoms with van der Waals surface area (Å²) >= 11 is 0. The van der Waals surface area contributed by atoms with Gasteiger partial charge < -0.3 is 9.64 Å². The van der Waals surface area contributed by atoms with Gasteiger partial charge in [-0.1, -0.05) is 6.92 Å².